The molecule has 0 aliphatic carbocycles. The highest BCUT2D eigenvalue weighted by Gasteiger charge is 2.12. The molecule has 0 fully saturated rings. The molecule has 0 spiro atoms. The van der Waals surface area contributed by atoms with E-state index in [0.29, 0.717) is 5.17 Å². The van der Waals surface area contributed by atoms with Gasteiger partial charge in [-0.05, 0) is 68.0 Å². The van der Waals surface area contributed by atoms with Gasteiger partial charge in [0.1, 0.15) is 0 Å². The average Bonchev–Trinajstić information content (AvgIpc) is 2.33. The molecule has 1 aromatic rings. The standard InChI is InChI=1S/C13H21N3S.ClH/c1-7-8(2)10(4)12(11(5)9(7)3)6-17-13(14)16-15;/h6,15H2,1-5H3,(H2,14,16);1H/p-1. The molecule has 0 aliphatic heterocycles. The molecule has 0 heterocycles. The Bertz CT molecular complexity index is 441. The Morgan fingerprint density at radius 1 is 0.944 bits per heavy atom. The lowest BCUT2D eigenvalue weighted by molar-refractivity contribution is -0.00000398. The van der Waals surface area contributed by atoms with Crippen molar-refractivity contribution in [3.63, 3.8) is 0 Å². The highest BCUT2D eigenvalue weighted by molar-refractivity contribution is 8.13. The van der Waals surface area contributed by atoms with Gasteiger partial charge in [-0.25, -0.2) is 0 Å². The van der Waals surface area contributed by atoms with E-state index in [-0.39, 0.29) is 12.4 Å². The summed E-state index contributed by atoms with van der Waals surface area (Å²) in [5, 5.41) is 3.91. The van der Waals surface area contributed by atoms with Crippen LogP contribution in [0.5, 0.6) is 0 Å². The number of hydrogen-bond donors (Lipinski definition) is 2. The minimum Gasteiger partial charge on any atom is -1.00 e. The average molecular weight is 287 g/mol. The van der Waals surface area contributed by atoms with E-state index in [0.717, 1.165) is 5.75 Å². The van der Waals surface area contributed by atoms with Crippen LogP contribution in [-0.2, 0) is 5.75 Å². The number of hydrogen-bond acceptors (Lipinski definition) is 3. The summed E-state index contributed by atoms with van der Waals surface area (Å²) in [6.07, 6.45) is 0. The van der Waals surface area contributed by atoms with Gasteiger partial charge in [0.15, 0.2) is 5.17 Å². The molecular formula is C13H21ClN3S-. The number of halogens is 1. The number of rotatable bonds is 2. The monoisotopic (exact) mass is 286 g/mol. The molecule has 1 aromatic carbocycles. The molecule has 5 heteroatoms. The van der Waals surface area contributed by atoms with Crippen LogP contribution in [-0.4, -0.2) is 5.17 Å². The van der Waals surface area contributed by atoms with Crippen LogP contribution < -0.4 is 24.0 Å². The first-order chi connectivity index (χ1) is 7.90. The molecule has 18 heavy (non-hydrogen) atoms. The van der Waals surface area contributed by atoms with Crippen LogP contribution in [0.15, 0.2) is 5.10 Å². The fourth-order valence-corrected chi connectivity index (χ4v) is 2.78. The second-order valence-corrected chi connectivity index (χ2v) is 5.36. The summed E-state index contributed by atoms with van der Waals surface area (Å²) in [5.41, 5.74) is 13.8. The molecule has 0 radical (unpaired) electrons. The highest BCUT2D eigenvalue weighted by atomic mass is 35.5. The van der Waals surface area contributed by atoms with Gasteiger partial charge >= 0.3 is 0 Å². The lowest BCUT2D eigenvalue weighted by Crippen LogP contribution is -3.00. The second kappa shape index (κ2) is 6.90. The molecule has 1 rings (SSSR count). The van der Waals surface area contributed by atoms with Crippen LogP contribution in [0.25, 0.3) is 0 Å². The fraction of sp³-hybridized carbons (Fsp3) is 0.462. The van der Waals surface area contributed by atoms with Crippen LogP contribution in [0, 0.1) is 34.6 Å². The first kappa shape index (κ1) is 17.1. The third-order valence-electron chi connectivity index (χ3n) is 3.65. The second-order valence-electron chi connectivity index (χ2n) is 4.36. The molecule has 0 aromatic heterocycles. The van der Waals surface area contributed by atoms with E-state index < -0.39 is 0 Å². The van der Waals surface area contributed by atoms with Gasteiger partial charge in [-0.2, -0.15) is 5.10 Å². The van der Waals surface area contributed by atoms with E-state index >= 15 is 0 Å². The molecule has 0 bridgehead atoms. The smallest absolute Gasteiger partial charge is 0.177 e. The Balaban J connectivity index is 0.00000289. The summed E-state index contributed by atoms with van der Waals surface area (Å²) < 4.78 is 0. The van der Waals surface area contributed by atoms with E-state index in [1.165, 1.54) is 45.1 Å². The van der Waals surface area contributed by atoms with Gasteiger partial charge < -0.3 is 24.0 Å². The van der Waals surface area contributed by atoms with E-state index in [4.69, 9.17) is 11.6 Å². The van der Waals surface area contributed by atoms with Gasteiger partial charge in [-0.3, -0.25) is 0 Å². The van der Waals surface area contributed by atoms with Crippen LogP contribution >= 0.6 is 11.8 Å². The topological polar surface area (TPSA) is 64.4 Å². The van der Waals surface area contributed by atoms with Crippen molar-refractivity contribution in [3.05, 3.63) is 33.4 Å². The number of amidine groups is 1. The molecule has 0 atom stereocenters. The van der Waals surface area contributed by atoms with Crippen molar-refractivity contribution in [1.29, 1.82) is 0 Å². The number of nitrogens with zero attached hydrogens (tertiary/aromatic N) is 1. The number of thioether (sulfide) groups is 1. The van der Waals surface area contributed by atoms with Gasteiger partial charge in [0.25, 0.3) is 0 Å². The largest absolute Gasteiger partial charge is 1.00 e. The summed E-state index contributed by atoms with van der Waals surface area (Å²) in [4.78, 5) is 0. The highest BCUT2D eigenvalue weighted by Crippen LogP contribution is 2.28. The minimum absolute atomic E-state index is 0. The van der Waals surface area contributed by atoms with Crippen molar-refractivity contribution < 1.29 is 12.4 Å². The van der Waals surface area contributed by atoms with E-state index in [9.17, 15) is 0 Å². The van der Waals surface area contributed by atoms with E-state index in [1.807, 2.05) is 0 Å². The predicted molar refractivity (Wildman–Crippen MR) is 77.2 cm³/mol. The normalized spacial score (nSPS) is 11.3. The Hall–Kier alpha value is -0.870. The summed E-state index contributed by atoms with van der Waals surface area (Å²) in [6.45, 7) is 10.9. The van der Waals surface area contributed by atoms with Crippen molar-refractivity contribution in [3.8, 4) is 0 Å². The SMILES string of the molecule is Cc1c(C)c(C)c(CS/C(N)=N/N)c(C)c1C.[Cl-]. The molecule has 102 valence electrons. The van der Waals surface area contributed by atoms with Crippen LogP contribution in [0.4, 0.5) is 0 Å². The number of benzene rings is 1. The van der Waals surface area contributed by atoms with Crippen molar-refractivity contribution in [2.75, 3.05) is 0 Å². The predicted octanol–water partition coefficient (Wildman–Crippen LogP) is -0.346. The zero-order valence-corrected chi connectivity index (χ0v) is 13.2. The Morgan fingerprint density at radius 3 is 1.72 bits per heavy atom. The van der Waals surface area contributed by atoms with E-state index in [2.05, 4.69) is 39.7 Å². The summed E-state index contributed by atoms with van der Waals surface area (Å²) in [6, 6.07) is 0. The zero-order chi connectivity index (χ0) is 13.2. The lowest BCUT2D eigenvalue weighted by Gasteiger charge is -2.18. The molecule has 0 saturated heterocycles. The minimum atomic E-state index is 0. The maximum atomic E-state index is 5.61. The first-order valence-electron chi connectivity index (χ1n) is 5.62. The third kappa shape index (κ3) is 3.33. The maximum absolute atomic E-state index is 5.61. The van der Waals surface area contributed by atoms with Crippen molar-refractivity contribution in [2.24, 2.45) is 16.7 Å². The van der Waals surface area contributed by atoms with Gasteiger partial charge in [-0.1, -0.05) is 11.8 Å². The molecule has 4 N–H and O–H groups in total. The molecule has 0 aliphatic rings. The molecule has 3 nitrogen and oxygen atoms in total. The van der Waals surface area contributed by atoms with E-state index in [1.54, 1.807) is 0 Å². The molecule has 0 amide bonds. The lowest BCUT2D eigenvalue weighted by atomic mass is 9.90. The zero-order valence-electron chi connectivity index (χ0n) is 11.6. The third-order valence-corrected chi connectivity index (χ3v) is 4.48. The Kier molecular flexibility index (Phi) is 6.57. The molecular weight excluding hydrogens is 266 g/mol. The summed E-state index contributed by atoms with van der Waals surface area (Å²) in [5.74, 6) is 5.96. The summed E-state index contributed by atoms with van der Waals surface area (Å²) >= 11 is 1.48. The molecule has 0 unspecified atom stereocenters. The number of nitrogens with two attached hydrogens (primary N) is 2. The van der Waals surface area contributed by atoms with Crippen molar-refractivity contribution in [2.45, 2.75) is 40.4 Å². The Morgan fingerprint density at radius 2 is 1.33 bits per heavy atom. The van der Waals surface area contributed by atoms with Crippen LogP contribution in [0.1, 0.15) is 33.4 Å². The van der Waals surface area contributed by atoms with Gasteiger partial charge in [-0.15, -0.1) is 0 Å². The van der Waals surface area contributed by atoms with Crippen LogP contribution in [0.2, 0.25) is 0 Å². The summed E-state index contributed by atoms with van der Waals surface area (Å²) in [7, 11) is 0. The van der Waals surface area contributed by atoms with Gasteiger partial charge in [0.05, 0.1) is 0 Å². The van der Waals surface area contributed by atoms with Gasteiger partial charge in [0.2, 0.25) is 0 Å². The van der Waals surface area contributed by atoms with Crippen molar-refractivity contribution in [1.82, 2.24) is 0 Å². The fourth-order valence-electron chi connectivity index (χ4n) is 1.98. The Labute approximate surface area is 120 Å². The molecule has 0 saturated carbocycles. The maximum Gasteiger partial charge on any atom is 0.177 e. The van der Waals surface area contributed by atoms with Crippen molar-refractivity contribution >= 4 is 16.9 Å². The quantitative estimate of drug-likeness (QED) is 0.338. The van der Waals surface area contributed by atoms with Gasteiger partial charge in [0, 0.05) is 5.75 Å². The number of hydrazone groups is 1. The first-order valence-corrected chi connectivity index (χ1v) is 6.60. The van der Waals surface area contributed by atoms with Crippen LogP contribution in [0.3, 0.4) is 0 Å².